The zero-order chi connectivity index (χ0) is 15.2. The molecule has 1 unspecified atom stereocenters. The predicted molar refractivity (Wildman–Crippen MR) is 90.6 cm³/mol. The number of hydrogen-bond donors (Lipinski definition) is 2. The SMILES string of the molecule is CCCc1cc(=O)[nH]c(SC(CN)c2ccccc2Br)n1. The van der Waals surface area contributed by atoms with Gasteiger partial charge in [0.1, 0.15) is 0 Å². The van der Waals surface area contributed by atoms with Gasteiger partial charge in [-0.25, -0.2) is 4.98 Å². The average Bonchev–Trinajstić information content (AvgIpc) is 2.45. The molecule has 0 bridgehead atoms. The highest BCUT2D eigenvalue weighted by Gasteiger charge is 2.16. The van der Waals surface area contributed by atoms with E-state index >= 15 is 0 Å². The van der Waals surface area contributed by atoms with E-state index in [0.717, 1.165) is 28.6 Å². The summed E-state index contributed by atoms with van der Waals surface area (Å²) in [5, 5.41) is 0.665. The van der Waals surface area contributed by atoms with Crippen LogP contribution in [-0.2, 0) is 6.42 Å². The van der Waals surface area contributed by atoms with Crippen LogP contribution < -0.4 is 11.3 Å². The Kier molecular flexibility index (Phi) is 6.02. The number of aromatic nitrogens is 2. The lowest BCUT2D eigenvalue weighted by Gasteiger charge is -2.16. The smallest absolute Gasteiger partial charge is 0.251 e. The van der Waals surface area contributed by atoms with E-state index in [4.69, 9.17) is 5.73 Å². The van der Waals surface area contributed by atoms with Crippen LogP contribution in [0.25, 0.3) is 0 Å². The third-order valence-electron chi connectivity index (χ3n) is 3.00. The van der Waals surface area contributed by atoms with Gasteiger partial charge in [0.15, 0.2) is 5.16 Å². The second-order valence-corrected chi connectivity index (χ2v) is 6.70. The lowest BCUT2D eigenvalue weighted by Crippen LogP contribution is -2.14. The second-order valence-electron chi connectivity index (χ2n) is 4.66. The molecule has 112 valence electrons. The minimum atomic E-state index is -0.112. The summed E-state index contributed by atoms with van der Waals surface area (Å²) < 4.78 is 1.01. The Balaban J connectivity index is 2.27. The molecule has 1 aromatic carbocycles. The monoisotopic (exact) mass is 367 g/mol. The van der Waals surface area contributed by atoms with Crippen LogP contribution in [-0.4, -0.2) is 16.5 Å². The molecule has 2 aromatic rings. The minimum Gasteiger partial charge on any atom is -0.329 e. The van der Waals surface area contributed by atoms with Gasteiger partial charge in [-0.05, 0) is 18.1 Å². The van der Waals surface area contributed by atoms with Gasteiger partial charge < -0.3 is 10.7 Å². The Morgan fingerprint density at radius 2 is 2.19 bits per heavy atom. The average molecular weight is 368 g/mol. The summed E-state index contributed by atoms with van der Waals surface area (Å²) >= 11 is 5.03. The third-order valence-corrected chi connectivity index (χ3v) is 4.87. The van der Waals surface area contributed by atoms with E-state index in [2.05, 4.69) is 32.8 Å². The molecule has 0 amide bonds. The summed E-state index contributed by atoms with van der Waals surface area (Å²) in [7, 11) is 0. The largest absolute Gasteiger partial charge is 0.329 e. The number of nitrogens with one attached hydrogen (secondary N) is 1. The van der Waals surface area contributed by atoms with E-state index in [1.807, 2.05) is 24.3 Å². The molecule has 0 aliphatic rings. The van der Waals surface area contributed by atoms with Crippen molar-refractivity contribution in [3.05, 3.63) is 56.4 Å². The molecule has 0 aliphatic carbocycles. The maximum atomic E-state index is 11.7. The van der Waals surface area contributed by atoms with Crippen molar-refractivity contribution in [2.75, 3.05) is 6.54 Å². The van der Waals surface area contributed by atoms with E-state index in [-0.39, 0.29) is 10.8 Å². The highest BCUT2D eigenvalue weighted by Crippen LogP contribution is 2.35. The van der Waals surface area contributed by atoms with Gasteiger partial charge >= 0.3 is 0 Å². The number of nitrogens with zero attached hydrogens (tertiary/aromatic N) is 1. The molecule has 3 N–H and O–H groups in total. The van der Waals surface area contributed by atoms with Gasteiger partial charge in [0.05, 0.1) is 5.25 Å². The molecule has 2 rings (SSSR count). The van der Waals surface area contributed by atoms with Crippen molar-refractivity contribution in [3.8, 4) is 0 Å². The molecule has 1 atom stereocenters. The number of H-pyrrole nitrogens is 1. The molecular formula is C15H18BrN3OS. The fourth-order valence-electron chi connectivity index (χ4n) is 2.03. The summed E-state index contributed by atoms with van der Waals surface area (Å²) in [6.07, 6.45) is 1.77. The number of halogens is 1. The molecule has 1 heterocycles. The van der Waals surface area contributed by atoms with Crippen molar-refractivity contribution >= 4 is 27.7 Å². The number of aromatic amines is 1. The first-order chi connectivity index (χ1) is 10.1. The standard InChI is InChI=1S/C15H18BrN3OS/c1-2-5-10-8-14(20)19-15(18-10)21-13(9-17)11-6-3-4-7-12(11)16/h3-4,6-8,13H,2,5,9,17H2,1H3,(H,18,19,20). The Morgan fingerprint density at radius 1 is 1.43 bits per heavy atom. The fourth-order valence-corrected chi connectivity index (χ4v) is 3.77. The molecule has 0 aliphatic heterocycles. The minimum absolute atomic E-state index is 0.0422. The van der Waals surface area contributed by atoms with Crippen LogP contribution >= 0.6 is 27.7 Å². The van der Waals surface area contributed by atoms with Crippen LogP contribution in [0.2, 0.25) is 0 Å². The first-order valence-electron chi connectivity index (χ1n) is 6.85. The van der Waals surface area contributed by atoms with Crippen molar-refractivity contribution in [1.29, 1.82) is 0 Å². The zero-order valence-electron chi connectivity index (χ0n) is 11.8. The maximum Gasteiger partial charge on any atom is 0.251 e. The van der Waals surface area contributed by atoms with Crippen molar-refractivity contribution in [1.82, 2.24) is 9.97 Å². The number of rotatable bonds is 6. The first-order valence-corrected chi connectivity index (χ1v) is 8.52. The van der Waals surface area contributed by atoms with E-state index in [1.165, 1.54) is 11.8 Å². The van der Waals surface area contributed by atoms with Gasteiger partial charge in [0, 0.05) is 22.8 Å². The number of aryl methyl sites for hydroxylation is 1. The molecule has 0 saturated heterocycles. The Morgan fingerprint density at radius 3 is 2.86 bits per heavy atom. The van der Waals surface area contributed by atoms with Gasteiger partial charge in [-0.15, -0.1) is 0 Å². The Labute approximate surface area is 136 Å². The van der Waals surface area contributed by atoms with E-state index in [9.17, 15) is 4.79 Å². The molecule has 6 heteroatoms. The van der Waals surface area contributed by atoms with E-state index < -0.39 is 0 Å². The molecule has 0 radical (unpaired) electrons. The third kappa shape index (κ3) is 4.43. The number of thioether (sulfide) groups is 1. The molecule has 0 saturated carbocycles. The maximum absolute atomic E-state index is 11.7. The summed E-state index contributed by atoms with van der Waals surface area (Å²) in [6, 6.07) is 9.52. The van der Waals surface area contributed by atoms with Crippen LogP contribution in [0.4, 0.5) is 0 Å². The Bertz CT molecular complexity index is 659. The molecular weight excluding hydrogens is 350 g/mol. The van der Waals surface area contributed by atoms with Gasteiger partial charge in [-0.1, -0.05) is 59.2 Å². The fraction of sp³-hybridized carbons (Fsp3) is 0.333. The molecule has 0 fully saturated rings. The van der Waals surface area contributed by atoms with Gasteiger partial charge in [0.25, 0.3) is 5.56 Å². The normalized spacial score (nSPS) is 12.3. The molecule has 1 aromatic heterocycles. The van der Waals surface area contributed by atoms with Gasteiger partial charge in [0.2, 0.25) is 0 Å². The van der Waals surface area contributed by atoms with Crippen molar-refractivity contribution in [2.24, 2.45) is 5.73 Å². The van der Waals surface area contributed by atoms with E-state index in [1.54, 1.807) is 6.07 Å². The predicted octanol–water partition coefficient (Wildman–Crippen LogP) is 3.28. The number of benzene rings is 1. The number of hydrogen-bond acceptors (Lipinski definition) is 4. The highest BCUT2D eigenvalue weighted by atomic mass is 79.9. The van der Waals surface area contributed by atoms with Crippen molar-refractivity contribution in [2.45, 2.75) is 30.2 Å². The first kappa shape index (κ1) is 16.3. The summed E-state index contributed by atoms with van der Waals surface area (Å²) in [6.45, 7) is 2.54. The van der Waals surface area contributed by atoms with Crippen LogP contribution in [0.15, 0.2) is 44.8 Å². The molecule has 21 heavy (non-hydrogen) atoms. The molecule has 4 nitrogen and oxygen atoms in total. The van der Waals surface area contributed by atoms with Crippen LogP contribution in [0.5, 0.6) is 0 Å². The van der Waals surface area contributed by atoms with Crippen molar-refractivity contribution < 1.29 is 0 Å². The summed E-state index contributed by atoms with van der Waals surface area (Å²) in [4.78, 5) is 19.0. The van der Waals surface area contributed by atoms with Gasteiger partial charge in [-0.3, -0.25) is 4.79 Å². The lowest BCUT2D eigenvalue weighted by atomic mass is 10.1. The highest BCUT2D eigenvalue weighted by molar-refractivity contribution is 9.10. The number of nitrogens with two attached hydrogens (primary N) is 1. The molecule has 0 spiro atoms. The lowest BCUT2D eigenvalue weighted by molar-refractivity contribution is 0.810. The van der Waals surface area contributed by atoms with Gasteiger partial charge in [-0.2, -0.15) is 0 Å². The quantitative estimate of drug-likeness (QED) is 0.606. The summed E-state index contributed by atoms with van der Waals surface area (Å²) in [5.41, 5.74) is 7.71. The summed E-state index contributed by atoms with van der Waals surface area (Å²) in [5.74, 6) is 0. The van der Waals surface area contributed by atoms with Crippen LogP contribution in [0, 0.1) is 0 Å². The van der Waals surface area contributed by atoms with Crippen LogP contribution in [0.1, 0.15) is 29.9 Å². The topological polar surface area (TPSA) is 71.8 Å². The van der Waals surface area contributed by atoms with Crippen LogP contribution in [0.3, 0.4) is 0 Å². The van der Waals surface area contributed by atoms with Crippen molar-refractivity contribution in [3.63, 3.8) is 0 Å². The zero-order valence-corrected chi connectivity index (χ0v) is 14.2. The second kappa shape index (κ2) is 7.77. The van der Waals surface area contributed by atoms with E-state index in [0.29, 0.717) is 11.7 Å². The Hall–Kier alpha value is -1.11.